The summed E-state index contributed by atoms with van der Waals surface area (Å²) in [5, 5.41) is 7.17. The molecule has 0 aliphatic heterocycles. The Balaban J connectivity index is 2.22. The van der Waals surface area contributed by atoms with Crippen molar-refractivity contribution in [2.24, 2.45) is 7.05 Å². The van der Waals surface area contributed by atoms with Gasteiger partial charge >= 0.3 is 0 Å². The minimum absolute atomic E-state index is 0.290. The Hall–Kier alpha value is -1.72. The predicted octanol–water partition coefficient (Wildman–Crippen LogP) is 2.56. The maximum Gasteiger partial charge on any atom is 0.258 e. The first kappa shape index (κ1) is 12.7. The highest BCUT2D eigenvalue weighted by atomic mass is 35.5. The number of nitrogens with two attached hydrogens (primary N) is 1. The third-order valence-electron chi connectivity index (χ3n) is 2.30. The van der Waals surface area contributed by atoms with Gasteiger partial charge in [-0.3, -0.25) is 9.48 Å². The molecule has 0 fully saturated rings. The van der Waals surface area contributed by atoms with Crippen LogP contribution in [0.2, 0.25) is 10.0 Å². The number of hydrogen-bond donors (Lipinski definition) is 2. The number of nitrogen functional groups attached to an aromatic ring is 1. The first-order chi connectivity index (χ1) is 8.47. The number of hydrogen-bond acceptors (Lipinski definition) is 3. The molecule has 94 valence electrons. The van der Waals surface area contributed by atoms with E-state index in [-0.39, 0.29) is 11.6 Å². The molecule has 0 saturated carbocycles. The molecule has 1 aromatic carbocycles. The van der Waals surface area contributed by atoms with Crippen LogP contribution in [0.15, 0.2) is 24.5 Å². The summed E-state index contributed by atoms with van der Waals surface area (Å²) in [7, 11) is 1.73. The van der Waals surface area contributed by atoms with Gasteiger partial charge in [0.15, 0.2) is 0 Å². The van der Waals surface area contributed by atoms with Gasteiger partial charge in [-0.05, 0) is 12.1 Å². The van der Waals surface area contributed by atoms with Crippen LogP contribution in [0, 0.1) is 0 Å². The first-order valence-corrected chi connectivity index (χ1v) is 5.77. The second-order valence-electron chi connectivity index (χ2n) is 3.71. The number of benzene rings is 1. The summed E-state index contributed by atoms with van der Waals surface area (Å²) in [6.07, 6.45) is 3.08. The lowest BCUT2D eigenvalue weighted by molar-refractivity contribution is 0.102. The van der Waals surface area contributed by atoms with Gasteiger partial charge in [-0.1, -0.05) is 23.2 Å². The van der Waals surface area contributed by atoms with Crippen molar-refractivity contribution in [2.45, 2.75) is 0 Å². The zero-order valence-corrected chi connectivity index (χ0v) is 11.0. The average molecular weight is 285 g/mol. The lowest BCUT2D eigenvalue weighted by Crippen LogP contribution is -2.11. The first-order valence-electron chi connectivity index (χ1n) is 5.02. The van der Waals surface area contributed by atoms with E-state index in [0.717, 1.165) is 0 Å². The molecule has 0 aliphatic carbocycles. The minimum atomic E-state index is -0.292. The van der Waals surface area contributed by atoms with Gasteiger partial charge in [0.2, 0.25) is 0 Å². The molecule has 1 heterocycles. The number of rotatable bonds is 2. The summed E-state index contributed by atoms with van der Waals surface area (Å²) in [5.41, 5.74) is 6.82. The number of nitrogens with one attached hydrogen (secondary N) is 1. The van der Waals surface area contributed by atoms with Gasteiger partial charge in [-0.2, -0.15) is 5.10 Å². The summed E-state index contributed by atoms with van der Waals surface area (Å²) < 4.78 is 1.54. The van der Waals surface area contributed by atoms with Crippen molar-refractivity contribution in [3.63, 3.8) is 0 Å². The van der Waals surface area contributed by atoms with E-state index in [2.05, 4.69) is 10.4 Å². The second kappa shape index (κ2) is 4.88. The number of aromatic nitrogens is 2. The van der Waals surface area contributed by atoms with E-state index in [1.54, 1.807) is 13.2 Å². The Kier molecular flexibility index (Phi) is 3.45. The molecule has 0 bridgehead atoms. The molecule has 0 atom stereocenters. The molecule has 18 heavy (non-hydrogen) atoms. The highest BCUT2D eigenvalue weighted by Gasteiger charge is 2.10. The van der Waals surface area contributed by atoms with Crippen LogP contribution in [0.3, 0.4) is 0 Å². The molecule has 2 aromatic rings. The zero-order valence-electron chi connectivity index (χ0n) is 9.45. The van der Waals surface area contributed by atoms with Crippen molar-refractivity contribution in [3.8, 4) is 0 Å². The minimum Gasteiger partial charge on any atom is -0.396 e. The summed E-state index contributed by atoms with van der Waals surface area (Å²) in [6, 6.07) is 3.08. The monoisotopic (exact) mass is 284 g/mol. The van der Waals surface area contributed by atoms with Crippen molar-refractivity contribution in [3.05, 3.63) is 40.1 Å². The number of anilines is 2. The number of halogens is 2. The fraction of sp³-hybridized carbons (Fsp3) is 0.0909. The predicted molar refractivity (Wildman–Crippen MR) is 72.0 cm³/mol. The van der Waals surface area contributed by atoms with Crippen LogP contribution in [0.25, 0.3) is 0 Å². The quantitative estimate of drug-likeness (QED) is 0.833. The molecule has 5 nitrogen and oxygen atoms in total. The lowest BCUT2D eigenvalue weighted by atomic mass is 10.2. The maximum absolute atomic E-state index is 11.9. The molecular weight excluding hydrogens is 275 g/mol. The van der Waals surface area contributed by atoms with Gasteiger partial charge in [0.25, 0.3) is 5.91 Å². The SMILES string of the molecule is Cn1cc(C(=O)Nc2cc(Cl)c(N)c(Cl)c2)cn1. The number of carbonyl (C=O) groups excluding carboxylic acids is 1. The fourth-order valence-corrected chi connectivity index (χ4v) is 1.89. The molecule has 0 unspecified atom stereocenters. The Bertz CT molecular complexity index is 586. The van der Waals surface area contributed by atoms with Gasteiger partial charge < -0.3 is 11.1 Å². The summed E-state index contributed by atoms with van der Waals surface area (Å²) in [4.78, 5) is 11.9. The third kappa shape index (κ3) is 2.57. The largest absolute Gasteiger partial charge is 0.396 e. The highest BCUT2D eigenvalue weighted by molar-refractivity contribution is 6.39. The summed E-state index contributed by atoms with van der Waals surface area (Å²) in [5.74, 6) is -0.292. The van der Waals surface area contributed by atoms with E-state index in [0.29, 0.717) is 21.3 Å². The number of nitrogens with zero attached hydrogens (tertiary/aromatic N) is 2. The molecule has 1 amide bonds. The summed E-state index contributed by atoms with van der Waals surface area (Å²) in [6.45, 7) is 0. The Labute approximate surface area is 113 Å². The molecule has 0 radical (unpaired) electrons. The van der Waals surface area contributed by atoms with Crippen LogP contribution >= 0.6 is 23.2 Å². The topological polar surface area (TPSA) is 72.9 Å². The molecule has 3 N–H and O–H groups in total. The summed E-state index contributed by atoms with van der Waals surface area (Å²) >= 11 is 11.8. The Morgan fingerprint density at radius 1 is 1.39 bits per heavy atom. The molecule has 0 saturated heterocycles. The number of amides is 1. The van der Waals surface area contributed by atoms with E-state index in [9.17, 15) is 4.79 Å². The van der Waals surface area contributed by atoms with Crippen molar-refractivity contribution < 1.29 is 4.79 Å². The highest BCUT2D eigenvalue weighted by Crippen LogP contribution is 2.31. The van der Waals surface area contributed by atoms with Crippen molar-refractivity contribution in [1.29, 1.82) is 0 Å². The number of aryl methyl sites for hydroxylation is 1. The van der Waals surface area contributed by atoms with Crippen LogP contribution in [-0.4, -0.2) is 15.7 Å². The average Bonchev–Trinajstić information content (AvgIpc) is 2.72. The Morgan fingerprint density at radius 3 is 2.50 bits per heavy atom. The standard InChI is InChI=1S/C11H10Cl2N4O/c1-17-5-6(4-15-17)11(18)16-7-2-8(12)10(14)9(13)3-7/h2-5H,14H2,1H3,(H,16,18). The lowest BCUT2D eigenvalue weighted by Gasteiger charge is -2.07. The number of carbonyl (C=O) groups is 1. The smallest absolute Gasteiger partial charge is 0.258 e. The zero-order chi connectivity index (χ0) is 13.3. The molecule has 0 aliphatic rings. The van der Waals surface area contributed by atoms with E-state index < -0.39 is 0 Å². The second-order valence-corrected chi connectivity index (χ2v) is 4.52. The van der Waals surface area contributed by atoms with E-state index in [1.807, 2.05) is 0 Å². The van der Waals surface area contributed by atoms with Gasteiger partial charge in [0.05, 0.1) is 27.5 Å². The van der Waals surface area contributed by atoms with Crippen molar-refractivity contribution in [2.75, 3.05) is 11.1 Å². The van der Waals surface area contributed by atoms with Gasteiger partial charge in [-0.25, -0.2) is 0 Å². The normalized spacial score (nSPS) is 10.4. The third-order valence-corrected chi connectivity index (χ3v) is 2.93. The maximum atomic E-state index is 11.9. The van der Waals surface area contributed by atoms with Crippen molar-refractivity contribution >= 4 is 40.5 Å². The van der Waals surface area contributed by atoms with Gasteiger partial charge in [-0.15, -0.1) is 0 Å². The van der Waals surface area contributed by atoms with Crippen LogP contribution in [0.1, 0.15) is 10.4 Å². The molecular formula is C11H10Cl2N4O. The van der Waals surface area contributed by atoms with Gasteiger partial charge in [0.1, 0.15) is 0 Å². The van der Waals surface area contributed by atoms with Gasteiger partial charge in [0, 0.05) is 18.9 Å². The van der Waals surface area contributed by atoms with Crippen LogP contribution < -0.4 is 11.1 Å². The molecule has 7 heteroatoms. The van der Waals surface area contributed by atoms with Crippen molar-refractivity contribution in [1.82, 2.24) is 9.78 Å². The fourth-order valence-electron chi connectivity index (χ4n) is 1.40. The Morgan fingerprint density at radius 2 is 2.00 bits per heavy atom. The van der Waals surface area contributed by atoms with E-state index in [4.69, 9.17) is 28.9 Å². The molecule has 0 spiro atoms. The van der Waals surface area contributed by atoms with Crippen LogP contribution in [0.4, 0.5) is 11.4 Å². The van der Waals surface area contributed by atoms with Crippen LogP contribution in [0.5, 0.6) is 0 Å². The molecule has 1 aromatic heterocycles. The van der Waals surface area contributed by atoms with E-state index >= 15 is 0 Å². The molecule has 2 rings (SSSR count). The van der Waals surface area contributed by atoms with Crippen LogP contribution in [-0.2, 0) is 7.05 Å². The van der Waals surface area contributed by atoms with E-state index in [1.165, 1.54) is 23.0 Å².